The van der Waals surface area contributed by atoms with Gasteiger partial charge in [-0.3, -0.25) is 9.69 Å². The van der Waals surface area contributed by atoms with Gasteiger partial charge in [-0.25, -0.2) is 14.6 Å². The zero-order valence-corrected chi connectivity index (χ0v) is 17.9. The molecule has 166 valence electrons. The summed E-state index contributed by atoms with van der Waals surface area (Å²) in [6, 6.07) is 2.10. The highest BCUT2D eigenvalue weighted by Crippen LogP contribution is 2.23. The second kappa shape index (κ2) is 9.42. The van der Waals surface area contributed by atoms with Gasteiger partial charge in [0.25, 0.3) is 5.56 Å². The van der Waals surface area contributed by atoms with E-state index in [0.717, 1.165) is 73.8 Å². The minimum atomic E-state index is -0.0384. The van der Waals surface area contributed by atoms with E-state index in [1.165, 1.54) is 12.8 Å². The second-order valence-corrected chi connectivity index (χ2v) is 8.50. The van der Waals surface area contributed by atoms with E-state index < -0.39 is 0 Å². The standard InChI is InChI=1S/C22H30N6O3/c29-21-11-16-13-30-9-4-19(16)26-28(21)8-7-27-6-2-1-3-17(27)12-23-22-18-14-31-10-5-20(18)24-15-25-22/h11,15,17H,1-10,12-14H2,(H,23,24,25). The highest BCUT2D eigenvalue weighted by molar-refractivity contribution is 5.46. The fraction of sp³-hybridized carbons (Fsp3) is 0.636. The molecule has 0 radical (unpaired) electrons. The van der Waals surface area contributed by atoms with Crippen LogP contribution in [0.1, 0.15) is 41.8 Å². The van der Waals surface area contributed by atoms with Crippen molar-refractivity contribution >= 4 is 5.82 Å². The van der Waals surface area contributed by atoms with Gasteiger partial charge in [0.05, 0.1) is 44.4 Å². The molecule has 9 nitrogen and oxygen atoms in total. The summed E-state index contributed by atoms with van der Waals surface area (Å²) in [7, 11) is 0. The number of aromatic nitrogens is 4. The lowest BCUT2D eigenvalue weighted by molar-refractivity contribution is 0.107. The summed E-state index contributed by atoms with van der Waals surface area (Å²) in [4.78, 5) is 23.8. The third-order valence-corrected chi connectivity index (χ3v) is 6.52. The number of hydrogen-bond donors (Lipinski definition) is 1. The van der Waals surface area contributed by atoms with Gasteiger partial charge in [-0.1, -0.05) is 6.42 Å². The number of hydrogen-bond acceptors (Lipinski definition) is 8. The van der Waals surface area contributed by atoms with Crippen LogP contribution in [0, 0.1) is 0 Å². The maximum Gasteiger partial charge on any atom is 0.267 e. The summed E-state index contributed by atoms with van der Waals surface area (Å²) >= 11 is 0. The average molecular weight is 427 g/mol. The van der Waals surface area contributed by atoms with Crippen molar-refractivity contribution in [3.05, 3.63) is 45.3 Å². The first-order chi connectivity index (χ1) is 15.3. The van der Waals surface area contributed by atoms with Gasteiger partial charge in [-0.05, 0) is 19.4 Å². The molecule has 0 saturated carbocycles. The zero-order chi connectivity index (χ0) is 21.0. The molecule has 0 aromatic carbocycles. The van der Waals surface area contributed by atoms with Crippen molar-refractivity contribution in [2.24, 2.45) is 0 Å². The van der Waals surface area contributed by atoms with Gasteiger partial charge >= 0.3 is 0 Å². The molecule has 31 heavy (non-hydrogen) atoms. The molecule has 0 spiro atoms. The van der Waals surface area contributed by atoms with Crippen molar-refractivity contribution in [3.63, 3.8) is 0 Å². The first-order valence-corrected chi connectivity index (χ1v) is 11.3. The van der Waals surface area contributed by atoms with Crippen LogP contribution in [0.5, 0.6) is 0 Å². The molecule has 0 bridgehead atoms. The van der Waals surface area contributed by atoms with E-state index in [4.69, 9.17) is 9.47 Å². The Bertz CT molecular complexity index is 978. The molecule has 5 rings (SSSR count). The van der Waals surface area contributed by atoms with E-state index in [9.17, 15) is 4.79 Å². The normalized spacial score (nSPS) is 21.4. The van der Waals surface area contributed by atoms with E-state index in [0.29, 0.717) is 32.4 Å². The topological polar surface area (TPSA) is 94.4 Å². The van der Waals surface area contributed by atoms with Crippen LogP contribution in [0.4, 0.5) is 5.82 Å². The van der Waals surface area contributed by atoms with Crippen LogP contribution in [-0.4, -0.2) is 63.5 Å². The molecule has 2 aromatic heterocycles. The molecule has 1 fully saturated rings. The molecule has 1 saturated heterocycles. The number of ether oxygens (including phenoxy) is 2. The van der Waals surface area contributed by atoms with Crippen LogP contribution in [0.15, 0.2) is 17.2 Å². The summed E-state index contributed by atoms with van der Waals surface area (Å²) in [5.41, 5.74) is 4.07. The number of likely N-dealkylation sites (tertiary alicyclic amines) is 1. The number of rotatable bonds is 6. The fourth-order valence-corrected chi connectivity index (χ4v) is 4.75. The highest BCUT2D eigenvalue weighted by Gasteiger charge is 2.24. The van der Waals surface area contributed by atoms with Crippen molar-refractivity contribution in [2.45, 2.75) is 57.9 Å². The van der Waals surface area contributed by atoms with Gasteiger partial charge in [0.1, 0.15) is 12.1 Å². The molecule has 1 atom stereocenters. The Hall–Kier alpha value is -2.36. The van der Waals surface area contributed by atoms with E-state index in [-0.39, 0.29) is 5.56 Å². The lowest BCUT2D eigenvalue weighted by Gasteiger charge is -2.36. The fourth-order valence-electron chi connectivity index (χ4n) is 4.75. The van der Waals surface area contributed by atoms with Crippen LogP contribution in [0.25, 0.3) is 0 Å². The van der Waals surface area contributed by atoms with Gasteiger partial charge < -0.3 is 14.8 Å². The van der Waals surface area contributed by atoms with E-state index in [2.05, 4.69) is 25.3 Å². The molecular formula is C22H30N6O3. The van der Waals surface area contributed by atoms with Gasteiger partial charge in [0.15, 0.2) is 0 Å². The Balaban J connectivity index is 1.23. The summed E-state index contributed by atoms with van der Waals surface area (Å²) in [5, 5.41) is 8.17. The average Bonchev–Trinajstić information content (AvgIpc) is 2.82. The maximum absolute atomic E-state index is 12.5. The molecule has 9 heteroatoms. The summed E-state index contributed by atoms with van der Waals surface area (Å²) in [6.07, 6.45) is 6.82. The summed E-state index contributed by atoms with van der Waals surface area (Å²) < 4.78 is 12.7. The van der Waals surface area contributed by atoms with Crippen LogP contribution >= 0.6 is 0 Å². The zero-order valence-electron chi connectivity index (χ0n) is 17.9. The van der Waals surface area contributed by atoms with Crippen molar-refractivity contribution in [3.8, 4) is 0 Å². The summed E-state index contributed by atoms with van der Waals surface area (Å²) in [6.45, 7) is 5.78. The molecule has 2 aromatic rings. The van der Waals surface area contributed by atoms with Crippen molar-refractivity contribution in [1.82, 2.24) is 24.6 Å². The van der Waals surface area contributed by atoms with Gasteiger partial charge in [-0.15, -0.1) is 0 Å². The quantitative estimate of drug-likeness (QED) is 0.735. The van der Waals surface area contributed by atoms with Crippen LogP contribution < -0.4 is 10.9 Å². The molecule has 1 N–H and O–H groups in total. The smallest absolute Gasteiger partial charge is 0.267 e. The number of nitrogens with one attached hydrogen (secondary N) is 1. The van der Waals surface area contributed by atoms with Crippen molar-refractivity contribution in [2.75, 3.05) is 38.2 Å². The first kappa shape index (κ1) is 20.5. The number of fused-ring (bicyclic) bond motifs is 2. The monoisotopic (exact) mass is 426 g/mol. The third kappa shape index (κ3) is 4.63. The molecule has 3 aliphatic rings. The number of nitrogens with zero attached hydrogens (tertiary/aromatic N) is 5. The first-order valence-electron chi connectivity index (χ1n) is 11.3. The Morgan fingerprint density at radius 2 is 1.94 bits per heavy atom. The largest absolute Gasteiger partial charge is 0.376 e. The predicted molar refractivity (Wildman–Crippen MR) is 115 cm³/mol. The second-order valence-electron chi connectivity index (χ2n) is 8.50. The molecule has 0 aliphatic carbocycles. The van der Waals surface area contributed by atoms with Gasteiger partial charge in [0.2, 0.25) is 0 Å². The summed E-state index contributed by atoms with van der Waals surface area (Å²) in [5.74, 6) is 0.894. The maximum atomic E-state index is 12.5. The molecule has 1 unspecified atom stereocenters. The minimum absolute atomic E-state index is 0.0384. The van der Waals surface area contributed by atoms with E-state index in [1.807, 2.05) is 0 Å². The predicted octanol–water partition coefficient (Wildman–Crippen LogP) is 1.15. The number of piperidine rings is 1. The Morgan fingerprint density at radius 3 is 2.87 bits per heavy atom. The van der Waals surface area contributed by atoms with E-state index >= 15 is 0 Å². The van der Waals surface area contributed by atoms with Crippen molar-refractivity contribution < 1.29 is 9.47 Å². The molecular weight excluding hydrogens is 396 g/mol. The Labute approximate surface area is 181 Å². The number of anilines is 1. The highest BCUT2D eigenvalue weighted by atomic mass is 16.5. The minimum Gasteiger partial charge on any atom is -0.376 e. The van der Waals surface area contributed by atoms with Crippen LogP contribution in [0.2, 0.25) is 0 Å². The Kier molecular flexibility index (Phi) is 6.24. The molecule has 0 amide bonds. The lowest BCUT2D eigenvalue weighted by atomic mass is 10.0. The van der Waals surface area contributed by atoms with Crippen LogP contribution in [0.3, 0.4) is 0 Å². The van der Waals surface area contributed by atoms with Gasteiger partial charge in [0, 0.05) is 49.2 Å². The Morgan fingerprint density at radius 1 is 1.06 bits per heavy atom. The van der Waals surface area contributed by atoms with Crippen LogP contribution in [-0.2, 0) is 42.1 Å². The van der Waals surface area contributed by atoms with E-state index in [1.54, 1.807) is 17.1 Å². The molecule has 3 aliphatic heterocycles. The lowest BCUT2D eigenvalue weighted by Crippen LogP contribution is -2.46. The van der Waals surface area contributed by atoms with Gasteiger partial charge in [-0.2, -0.15) is 5.10 Å². The SMILES string of the molecule is O=c1cc2c(nn1CCN1CCCCC1CNc1ncnc3c1COCC3)CCOC2. The van der Waals surface area contributed by atoms with Crippen molar-refractivity contribution in [1.29, 1.82) is 0 Å². The molecule has 5 heterocycles. The third-order valence-electron chi connectivity index (χ3n) is 6.52.